The van der Waals surface area contributed by atoms with Gasteiger partial charge in [0.1, 0.15) is 0 Å². The smallest absolute Gasteiger partial charge is 0.337 e. The summed E-state index contributed by atoms with van der Waals surface area (Å²) in [6.07, 6.45) is 1.53. The number of nitrogens with zero attached hydrogens (tertiary/aromatic N) is 2. The average Bonchev–Trinajstić information content (AvgIpc) is 2.94. The van der Waals surface area contributed by atoms with Crippen molar-refractivity contribution >= 4 is 40.3 Å². The number of hydrogen-bond acceptors (Lipinski definition) is 3. The van der Waals surface area contributed by atoms with Crippen LogP contribution in [-0.4, -0.2) is 26.7 Å². The number of rotatable bonds is 4. The molecule has 0 fully saturated rings. The van der Waals surface area contributed by atoms with E-state index in [1.807, 2.05) is 12.1 Å². The average molecular weight is 359 g/mol. The van der Waals surface area contributed by atoms with Crippen molar-refractivity contribution < 1.29 is 14.7 Å². The third kappa shape index (κ3) is 3.72. The van der Waals surface area contributed by atoms with E-state index in [0.717, 1.165) is 5.56 Å². The Hall–Kier alpha value is -3.06. The van der Waals surface area contributed by atoms with Crippen molar-refractivity contribution in [2.45, 2.75) is 6.54 Å². The molecule has 3 aromatic rings. The number of carbonyl (C=O) groups is 2. The topological polar surface area (TPSA) is 96.3 Å². The van der Waals surface area contributed by atoms with Crippen LogP contribution in [0.25, 0.3) is 11.0 Å². The van der Waals surface area contributed by atoms with Crippen LogP contribution < -0.4 is 10.6 Å². The molecule has 0 aliphatic heterocycles. The summed E-state index contributed by atoms with van der Waals surface area (Å²) in [4.78, 5) is 27.7. The Labute approximate surface area is 148 Å². The lowest BCUT2D eigenvalue weighted by Gasteiger charge is -2.09. The molecule has 3 N–H and O–H groups in total. The maximum atomic E-state index is 12.1. The van der Waals surface area contributed by atoms with Crippen LogP contribution in [0.2, 0.25) is 5.02 Å². The fourth-order valence-corrected chi connectivity index (χ4v) is 2.62. The van der Waals surface area contributed by atoms with E-state index in [0.29, 0.717) is 28.3 Å². The van der Waals surface area contributed by atoms with Crippen LogP contribution in [0.5, 0.6) is 0 Å². The number of halogens is 1. The van der Waals surface area contributed by atoms with Crippen molar-refractivity contribution in [3.63, 3.8) is 0 Å². The minimum absolute atomic E-state index is 0.0745. The predicted molar refractivity (Wildman–Crippen MR) is 95.0 cm³/mol. The fraction of sp³-hybridized carbons (Fsp3) is 0.118. The maximum Gasteiger partial charge on any atom is 0.337 e. The van der Waals surface area contributed by atoms with Crippen LogP contribution in [0.4, 0.5) is 10.5 Å². The third-order valence-corrected chi connectivity index (χ3v) is 3.92. The normalized spacial score (nSPS) is 10.6. The van der Waals surface area contributed by atoms with E-state index in [-0.39, 0.29) is 5.56 Å². The van der Waals surface area contributed by atoms with Crippen molar-refractivity contribution in [2.75, 3.05) is 5.32 Å². The molecule has 0 aliphatic carbocycles. The second kappa shape index (κ2) is 6.82. The summed E-state index contributed by atoms with van der Waals surface area (Å²) in [5.41, 5.74) is 2.32. The van der Waals surface area contributed by atoms with Gasteiger partial charge >= 0.3 is 12.0 Å². The van der Waals surface area contributed by atoms with Crippen molar-refractivity contribution in [3.8, 4) is 0 Å². The first-order valence-electron chi connectivity index (χ1n) is 7.41. The molecule has 0 atom stereocenters. The highest BCUT2D eigenvalue weighted by Gasteiger charge is 2.15. The predicted octanol–water partition coefficient (Wildman–Crippen LogP) is 3.25. The molecule has 128 valence electrons. The van der Waals surface area contributed by atoms with Crippen molar-refractivity contribution in [2.24, 2.45) is 7.05 Å². The molecule has 1 heterocycles. The summed E-state index contributed by atoms with van der Waals surface area (Å²) in [7, 11) is 1.72. The highest BCUT2D eigenvalue weighted by molar-refractivity contribution is 6.30. The number of carboxylic acids is 1. The van der Waals surface area contributed by atoms with Gasteiger partial charge in [-0.3, -0.25) is 0 Å². The van der Waals surface area contributed by atoms with Crippen LogP contribution in [0, 0.1) is 0 Å². The molecule has 0 bridgehead atoms. The van der Waals surface area contributed by atoms with E-state index in [4.69, 9.17) is 11.6 Å². The number of carbonyl (C=O) groups excluding carboxylic acids is 1. The SMILES string of the molecule is Cn1cnc2cc(NC(=O)NCc3ccc(Cl)cc3)cc(C(=O)O)c21. The van der Waals surface area contributed by atoms with Gasteiger partial charge in [-0.15, -0.1) is 0 Å². The zero-order valence-electron chi connectivity index (χ0n) is 13.3. The number of aryl methyl sites for hydroxylation is 1. The molecule has 25 heavy (non-hydrogen) atoms. The second-order valence-corrected chi connectivity index (χ2v) is 5.92. The monoisotopic (exact) mass is 358 g/mol. The number of aromatic carboxylic acids is 1. The highest BCUT2D eigenvalue weighted by atomic mass is 35.5. The Morgan fingerprint density at radius 3 is 2.64 bits per heavy atom. The molecule has 0 radical (unpaired) electrons. The van der Waals surface area contributed by atoms with Gasteiger partial charge in [-0.1, -0.05) is 23.7 Å². The zero-order valence-corrected chi connectivity index (χ0v) is 14.0. The zero-order chi connectivity index (χ0) is 18.0. The summed E-state index contributed by atoms with van der Waals surface area (Å²) in [6.45, 7) is 0.320. The van der Waals surface area contributed by atoms with Crippen molar-refractivity contribution in [1.82, 2.24) is 14.9 Å². The van der Waals surface area contributed by atoms with Gasteiger partial charge in [0, 0.05) is 24.3 Å². The number of hydrogen-bond donors (Lipinski definition) is 3. The molecule has 3 rings (SSSR count). The molecule has 1 aromatic heterocycles. The van der Waals surface area contributed by atoms with Gasteiger partial charge in [0.2, 0.25) is 0 Å². The van der Waals surface area contributed by atoms with Crippen LogP contribution in [0.3, 0.4) is 0 Å². The number of carboxylic acid groups (broad SMARTS) is 1. The standard InChI is InChI=1S/C17H15ClN4O3/c1-22-9-20-14-7-12(6-13(15(14)22)16(23)24)21-17(25)19-8-10-2-4-11(18)5-3-10/h2-7,9H,8H2,1H3,(H,23,24)(H2,19,21,25). The first-order valence-corrected chi connectivity index (χ1v) is 7.79. The molecule has 7 nitrogen and oxygen atoms in total. The van der Waals surface area contributed by atoms with Gasteiger partial charge in [0.05, 0.1) is 22.9 Å². The lowest BCUT2D eigenvalue weighted by molar-refractivity contribution is 0.0698. The highest BCUT2D eigenvalue weighted by Crippen LogP contribution is 2.23. The van der Waals surface area contributed by atoms with E-state index in [1.165, 1.54) is 12.4 Å². The van der Waals surface area contributed by atoms with Crippen LogP contribution >= 0.6 is 11.6 Å². The number of aromatic nitrogens is 2. The van der Waals surface area contributed by atoms with E-state index in [9.17, 15) is 14.7 Å². The summed E-state index contributed by atoms with van der Waals surface area (Å²) < 4.78 is 1.63. The Morgan fingerprint density at radius 2 is 1.96 bits per heavy atom. The summed E-state index contributed by atoms with van der Waals surface area (Å²) in [5.74, 6) is -1.08. The number of nitrogens with one attached hydrogen (secondary N) is 2. The van der Waals surface area contributed by atoms with Crippen LogP contribution in [0.1, 0.15) is 15.9 Å². The van der Waals surface area contributed by atoms with E-state index in [2.05, 4.69) is 15.6 Å². The molecular formula is C17H15ClN4O3. The van der Waals surface area contributed by atoms with Gasteiger partial charge in [-0.05, 0) is 29.8 Å². The molecule has 0 spiro atoms. The fourth-order valence-electron chi connectivity index (χ4n) is 2.49. The summed E-state index contributed by atoms with van der Waals surface area (Å²) in [6, 6.07) is 9.70. The van der Waals surface area contributed by atoms with Crippen LogP contribution in [0.15, 0.2) is 42.7 Å². The first kappa shape index (κ1) is 16.8. The Kier molecular flexibility index (Phi) is 4.58. The lowest BCUT2D eigenvalue weighted by Crippen LogP contribution is -2.28. The summed E-state index contributed by atoms with van der Waals surface area (Å²) in [5, 5.41) is 15.3. The molecular weight excluding hydrogens is 344 g/mol. The quantitative estimate of drug-likeness (QED) is 0.667. The molecule has 0 aliphatic rings. The minimum atomic E-state index is -1.08. The number of urea groups is 1. The number of imidazole rings is 1. The van der Waals surface area contributed by atoms with Crippen molar-refractivity contribution in [1.29, 1.82) is 0 Å². The molecule has 0 saturated carbocycles. The van der Waals surface area contributed by atoms with E-state index >= 15 is 0 Å². The van der Waals surface area contributed by atoms with Gasteiger partial charge in [-0.2, -0.15) is 0 Å². The number of amides is 2. The molecule has 0 unspecified atom stereocenters. The lowest BCUT2D eigenvalue weighted by atomic mass is 10.1. The van der Waals surface area contributed by atoms with Gasteiger partial charge in [0.15, 0.2) is 0 Å². The second-order valence-electron chi connectivity index (χ2n) is 5.49. The van der Waals surface area contributed by atoms with E-state index < -0.39 is 12.0 Å². The Balaban J connectivity index is 1.74. The molecule has 0 saturated heterocycles. The summed E-state index contributed by atoms with van der Waals surface area (Å²) >= 11 is 5.82. The van der Waals surface area contributed by atoms with Gasteiger partial charge in [-0.25, -0.2) is 14.6 Å². The maximum absolute atomic E-state index is 12.1. The van der Waals surface area contributed by atoms with Gasteiger partial charge < -0.3 is 20.3 Å². The molecule has 2 aromatic carbocycles. The minimum Gasteiger partial charge on any atom is -0.478 e. The van der Waals surface area contributed by atoms with Crippen molar-refractivity contribution in [3.05, 3.63) is 58.9 Å². The Morgan fingerprint density at radius 1 is 1.24 bits per heavy atom. The van der Waals surface area contributed by atoms with E-state index in [1.54, 1.807) is 29.8 Å². The number of benzene rings is 2. The van der Waals surface area contributed by atoms with Crippen LogP contribution in [-0.2, 0) is 13.6 Å². The van der Waals surface area contributed by atoms with Gasteiger partial charge in [0.25, 0.3) is 0 Å². The largest absolute Gasteiger partial charge is 0.478 e. The Bertz CT molecular complexity index is 950. The first-order chi connectivity index (χ1) is 11.9. The molecule has 2 amide bonds. The molecule has 8 heteroatoms. The third-order valence-electron chi connectivity index (χ3n) is 3.67. The number of fused-ring (bicyclic) bond motifs is 1. The number of anilines is 1.